The van der Waals surface area contributed by atoms with E-state index < -0.39 is 5.97 Å². The molecule has 5 heteroatoms. The number of hydrogen-bond acceptors (Lipinski definition) is 4. The van der Waals surface area contributed by atoms with E-state index in [4.69, 9.17) is 9.72 Å². The molecule has 0 saturated carbocycles. The smallest absolute Gasteiger partial charge is 0.339 e. The van der Waals surface area contributed by atoms with Crippen LogP contribution >= 0.6 is 0 Å². The lowest BCUT2D eigenvalue weighted by Crippen LogP contribution is -2.27. The number of esters is 1. The van der Waals surface area contributed by atoms with Gasteiger partial charge in [-0.15, -0.1) is 0 Å². The molecule has 0 unspecified atom stereocenters. The summed E-state index contributed by atoms with van der Waals surface area (Å²) in [7, 11) is 3.24. The molecule has 0 radical (unpaired) electrons. The van der Waals surface area contributed by atoms with Gasteiger partial charge in [0.15, 0.2) is 6.61 Å². The average molecular weight is 348 g/mol. The molecule has 0 fully saturated rings. The molecule has 5 nitrogen and oxygen atoms in total. The largest absolute Gasteiger partial charge is 0.452 e. The zero-order chi connectivity index (χ0) is 18.7. The zero-order valence-corrected chi connectivity index (χ0v) is 15.0. The van der Waals surface area contributed by atoms with Gasteiger partial charge in [0.25, 0.3) is 5.91 Å². The molecule has 0 bridgehead atoms. The molecule has 1 heterocycles. The van der Waals surface area contributed by atoms with Crippen molar-refractivity contribution in [2.45, 2.75) is 6.92 Å². The predicted octanol–water partition coefficient (Wildman–Crippen LogP) is 3.46. The molecule has 0 aliphatic rings. The molecule has 26 heavy (non-hydrogen) atoms. The van der Waals surface area contributed by atoms with Crippen molar-refractivity contribution in [1.82, 2.24) is 9.88 Å². The first-order valence-electron chi connectivity index (χ1n) is 8.31. The number of amides is 1. The van der Waals surface area contributed by atoms with Gasteiger partial charge in [0, 0.05) is 25.0 Å². The number of fused-ring (bicyclic) bond motifs is 1. The predicted molar refractivity (Wildman–Crippen MR) is 101 cm³/mol. The van der Waals surface area contributed by atoms with Crippen LogP contribution in [-0.4, -0.2) is 42.5 Å². The van der Waals surface area contributed by atoms with Gasteiger partial charge in [-0.25, -0.2) is 9.78 Å². The van der Waals surface area contributed by atoms with Gasteiger partial charge in [-0.2, -0.15) is 0 Å². The van der Waals surface area contributed by atoms with Crippen LogP contribution in [0.15, 0.2) is 54.6 Å². The summed E-state index contributed by atoms with van der Waals surface area (Å²) in [6.07, 6.45) is 0. The minimum Gasteiger partial charge on any atom is -0.452 e. The number of likely N-dealkylation sites (N-methyl/N-ethyl adjacent to an activating group) is 1. The third-order valence-electron chi connectivity index (χ3n) is 4.21. The minimum absolute atomic E-state index is 0.266. The highest BCUT2D eigenvalue weighted by Crippen LogP contribution is 2.30. The summed E-state index contributed by atoms with van der Waals surface area (Å²) in [5, 5.41) is 0.715. The molecule has 3 rings (SSSR count). The molecular formula is C21H20N2O3. The molecule has 0 atom stereocenters. The number of para-hydroxylation sites is 1. The number of aromatic nitrogens is 1. The van der Waals surface area contributed by atoms with Crippen molar-refractivity contribution in [3.05, 3.63) is 65.7 Å². The van der Waals surface area contributed by atoms with Crippen LogP contribution in [-0.2, 0) is 9.53 Å². The lowest BCUT2D eigenvalue weighted by Gasteiger charge is -2.15. The third-order valence-corrected chi connectivity index (χ3v) is 4.21. The molecule has 2 aromatic carbocycles. The Morgan fingerprint density at radius 3 is 2.35 bits per heavy atom. The fraction of sp³-hybridized carbons (Fsp3) is 0.190. The van der Waals surface area contributed by atoms with Crippen molar-refractivity contribution in [3.8, 4) is 11.3 Å². The average Bonchev–Trinajstić information content (AvgIpc) is 2.66. The van der Waals surface area contributed by atoms with Crippen LogP contribution in [0.1, 0.15) is 15.9 Å². The van der Waals surface area contributed by atoms with E-state index in [2.05, 4.69) is 0 Å². The van der Waals surface area contributed by atoms with E-state index in [9.17, 15) is 9.59 Å². The van der Waals surface area contributed by atoms with Gasteiger partial charge >= 0.3 is 5.97 Å². The fourth-order valence-corrected chi connectivity index (χ4v) is 2.78. The maximum atomic E-state index is 12.8. The highest BCUT2D eigenvalue weighted by atomic mass is 16.5. The van der Waals surface area contributed by atoms with Gasteiger partial charge in [0.05, 0.1) is 16.8 Å². The number of ether oxygens (including phenoxy) is 1. The monoisotopic (exact) mass is 348 g/mol. The van der Waals surface area contributed by atoms with Gasteiger partial charge in [0.2, 0.25) is 0 Å². The van der Waals surface area contributed by atoms with Gasteiger partial charge in [-0.3, -0.25) is 4.79 Å². The maximum Gasteiger partial charge on any atom is 0.339 e. The second-order valence-corrected chi connectivity index (χ2v) is 6.21. The summed E-state index contributed by atoms with van der Waals surface area (Å²) >= 11 is 0. The Kier molecular flexibility index (Phi) is 4.98. The highest BCUT2D eigenvalue weighted by molar-refractivity contribution is 6.06. The molecule has 0 aliphatic carbocycles. The van der Waals surface area contributed by atoms with Crippen LogP contribution in [0.3, 0.4) is 0 Å². The minimum atomic E-state index is -0.520. The van der Waals surface area contributed by atoms with Gasteiger partial charge < -0.3 is 9.64 Å². The first kappa shape index (κ1) is 17.6. The van der Waals surface area contributed by atoms with Crippen LogP contribution in [0.25, 0.3) is 22.2 Å². The second kappa shape index (κ2) is 7.35. The summed E-state index contributed by atoms with van der Waals surface area (Å²) in [5.74, 6) is -0.786. The van der Waals surface area contributed by atoms with Crippen molar-refractivity contribution in [3.63, 3.8) is 0 Å². The number of carbonyl (C=O) groups is 2. The topological polar surface area (TPSA) is 59.5 Å². The van der Waals surface area contributed by atoms with E-state index in [0.717, 1.165) is 16.8 Å². The summed E-state index contributed by atoms with van der Waals surface area (Å²) in [5.41, 5.74) is 3.55. The lowest BCUT2D eigenvalue weighted by atomic mass is 9.98. The number of pyridine rings is 1. The van der Waals surface area contributed by atoms with E-state index in [-0.39, 0.29) is 12.5 Å². The molecular weight excluding hydrogens is 328 g/mol. The normalized spacial score (nSPS) is 10.6. The van der Waals surface area contributed by atoms with Crippen molar-refractivity contribution >= 4 is 22.8 Å². The van der Waals surface area contributed by atoms with E-state index in [1.165, 1.54) is 4.90 Å². The van der Waals surface area contributed by atoms with Crippen molar-refractivity contribution in [2.24, 2.45) is 0 Å². The Hall–Kier alpha value is -3.21. The molecule has 132 valence electrons. The number of carbonyl (C=O) groups excluding carboxylic acids is 2. The Morgan fingerprint density at radius 2 is 1.65 bits per heavy atom. The Morgan fingerprint density at radius 1 is 1.00 bits per heavy atom. The zero-order valence-electron chi connectivity index (χ0n) is 15.0. The van der Waals surface area contributed by atoms with Crippen LogP contribution in [0.5, 0.6) is 0 Å². The van der Waals surface area contributed by atoms with Crippen LogP contribution in [0, 0.1) is 6.92 Å². The lowest BCUT2D eigenvalue weighted by molar-refractivity contribution is -0.131. The first-order valence-corrected chi connectivity index (χ1v) is 8.31. The molecule has 1 amide bonds. The first-order chi connectivity index (χ1) is 12.5. The summed E-state index contributed by atoms with van der Waals surface area (Å²) in [4.78, 5) is 30.6. The van der Waals surface area contributed by atoms with Crippen molar-refractivity contribution in [1.29, 1.82) is 0 Å². The molecule has 0 aliphatic heterocycles. The van der Waals surface area contributed by atoms with E-state index in [1.54, 1.807) is 14.1 Å². The Bertz CT molecular complexity index is 966. The van der Waals surface area contributed by atoms with Gasteiger partial charge in [-0.1, -0.05) is 48.5 Å². The molecule has 3 aromatic rings. The van der Waals surface area contributed by atoms with E-state index >= 15 is 0 Å². The number of benzene rings is 2. The fourth-order valence-electron chi connectivity index (χ4n) is 2.78. The standard InChI is InChI=1S/C21H20N2O3/c1-14-19(21(25)26-13-18(24)23(2)3)16-11-7-8-12-17(16)22-20(14)15-9-5-4-6-10-15/h4-12H,13H2,1-3H3. The van der Waals surface area contributed by atoms with Crippen LogP contribution in [0.2, 0.25) is 0 Å². The Balaban J connectivity index is 2.10. The molecule has 0 saturated heterocycles. The maximum absolute atomic E-state index is 12.8. The highest BCUT2D eigenvalue weighted by Gasteiger charge is 2.21. The third kappa shape index (κ3) is 3.42. The van der Waals surface area contributed by atoms with Crippen LogP contribution in [0.4, 0.5) is 0 Å². The van der Waals surface area contributed by atoms with Crippen LogP contribution < -0.4 is 0 Å². The summed E-state index contributed by atoms with van der Waals surface area (Å²) in [6.45, 7) is 1.56. The van der Waals surface area contributed by atoms with E-state index in [1.807, 2.05) is 61.5 Å². The molecule has 0 N–H and O–H groups in total. The number of nitrogens with zero attached hydrogens (tertiary/aromatic N) is 2. The SMILES string of the molecule is Cc1c(-c2ccccc2)nc2ccccc2c1C(=O)OCC(=O)N(C)C. The number of hydrogen-bond donors (Lipinski definition) is 0. The number of rotatable bonds is 4. The van der Waals surface area contributed by atoms with Crippen molar-refractivity contribution < 1.29 is 14.3 Å². The summed E-state index contributed by atoms with van der Waals surface area (Å²) < 4.78 is 5.27. The quantitative estimate of drug-likeness (QED) is 0.678. The second-order valence-electron chi connectivity index (χ2n) is 6.21. The summed E-state index contributed by atoms with van der Waals surface area (Å²) in [6, 6.07) is 17.1. The van der Waals surface area contributed by atoms with Gasteiger partial charge in [0.1, 0.15) is 0 Å². The van der Waals surface area contributed by atoms with E-state index in [0.29, 0.717) is 16.5 Å². The molecule has 0 spiro atoms. The van der Waals surface area contributed by atoms with Crippen molar-refractivity contribution in [2.75, 3.05) is 20.7 Å². The Labute approximate surface area is 152 Å². The molecule has 1 aromatic heterocycles. The van der Waals surface area contributed by atoms with Gasteiger partial charge in [-0.05, 0) is 18.6 Å².